The van der Waals surface area contributed by atoms with Crippen molar-refractivity contribution in [3.05, 3.63) is 70.5 Å². The predicted molar refractivity (Wildman–Crippen MR) is 132 cm³/mol. The van der Waals surface area contributed by atoms with Crippen LogP contribution in [0.3, 0.4) is 0 Å². The highest BCUT2D eigenvalue weighted by Gasteiger charge is 2.49. The van der Waals surface area contributed by atoms with Gasteiger partial charge < -0.3 is 15.1 Å². The standard InChI is InChI=1S/C28H31F6N3O2/c1-16(2)24(35-25(38)20-12-17(28(32,33)34)4-7-22(20)30)26(39)37-10-8-27(9-11-37)15-36(3)14-21(27)19-6-5-18(29)13-23(19)31/h4-7,12-13,16,21,24H,8-11,14-15H2,1-3H3,(H,35,38)/t21?,24-/m1/s1. The molecule has 5 nitrogen and oxygen atoms in total. The number of carbonyl (C=O) groups is 2. The van der Waals surface area contributed by atoms with E-state index in [2.05, 4.69) is 10.2 Å². The van der Waals surface area contributed by atoms with Crippen LogP contribution in [0, 0.1) is 28.8 Å². The molecule has 2 amide bonds. The Labute approximate surface area is 223 Å². The highest BCUT2D eigenvalue weighted by Crippen LogP contribution is 2.50. The first-order chi connectivity index (χ1) is 18.2. The summed E-state index contributed by atoms with van der Waals surface area (Å²) < 4.78 is 81.8. The van der Waals surface area contributed by atoms with Gasteiger partial charge in [0.05, 0.1) is 11.1 Å². The maximum Gasteiger partial charge on any atom is 0.416 e. The van der Waals surface area contributed by atoms with Crippen LogP contribution in [-0.2, 0) is 11.0 Å². The van der Waals surface area contributed by atoms with Crippen LogP contribution in [0.1, 0.15) is 54.1 Å². The van der Waals surface area contributed by atoms with E-state index in [1.165, 1.54) is 12.1 Å². The van der Waals surface area contributed by atoms with Gasteiger partial charge in [0, 0.05) is 38.2 Å². The minimum atomic E-state index is -4.76. The molecule has 2 aromatic rings. The Hall–Kier alpha value is -3.08. The number of likely N-dealkylation sites (N-methyl/N-ethyl adjacent to an activating group) is 1. The first-order valence-electron chi connectivity index (χ1n) is 12.8. The predicted octanol–water partition coefficient (Wildman–Crippen LogP) is 5.22. The van der Waals surface area contributed by atoms with Crippen molar-refractivity contribution in [1.82, 2.24) is 15.1 Å². The number of rotatable bonds is 5. The smallest absolute Gasteiger partial charge is 0.341 e. The average Bonchev–Trinajstić information content (AvgIpc) is 3.16. The van der Waals surface area contributed by atoms with Crippen molar-refractivity contribution in [2.45, 2.75) is 44.8 Å². The molecule has 1 unspecified atom stereocenters. The summed E-state index contributed by atoms with van der Waals surface area (Å²) in [6, 6.07) is 4.07. The zero-order valence-corrected chi connectivity index (χ0v) is 21.9. The molecule has 2 saturated heterocycles. The fraction of sp³-hybridized carbons (Fsp3) is 0.500. The quantitative estimate of drug-likeness (QED) is 0.516. The maximum atomic E-state index is 14.7. The highest BCUT2D eigenvalue weighted by molar-refractivity contribution is 5.98. The second kappa shape index (κ2) is 10.8. The number of benzene rings is 2. The molecule has 2 aliphatic heterocycles. The zero-order chi connectivity index (χ0) is 28.7. The minimum Gasteiger partial charge on any atom is -0.341 e. The summed E-state index contributed by atoms with van der Waals surface area (Å²) in [5.74, 6) is -4.52. The van der Waals surface area contributed by atoms with Crippen LogP contribution in [0.4, 0.5) is 26.3 Å². The van der Waals surface area contributed by atoms with Crippen LogP contribution >= 0.6 is 0 Å². The van der Waals surface area contributed by atoms with Crippen LogP contribution in [0.2, 0.25) is 0 Å². The van der Waals surface area contributed by atoms with Crippen molar-refractivity contribution in [2.24, 2.45) is 11.3 Å². The molecule has 0 aliphatic carbocycles. The fourth-order valence-electron chi connectivity index (χ4n) is 5.91. The number of amides is 2. The van der Waals surface area contributed by atoms with E-state index in [-0.39, 0.29) is 11.3 Å². The zero-order valence-electron chi connectivity index (χ0n) is 21.9. The van der Waals surface area contributed by atoms with Crippen molar-refractivity contribution < 1.29 is 35.9 Å². The van der Waals surface area contributed by atoms with Crippen molar-refractivity contribution in [2.75, 3.05) is 33.2 Å². The Bertz CT molecular complexity index is 1240. The summed E-state index contributed by atoms with van der Waals surface area (Å²) in [5, 5.41) is 2.43. The SMILES string of the molecule is CC(C)[C@@H](NC(=O)c1cc(C(F)(F)F)ccc1F)C(=O)N1CCC2(CC1)CN(C)CC2c1ccc(F)cc1F. The van der Waals surface area contributed by atoms with Gasteiger partial charge in [-0.1, -0.05) is 19.9 Å². The van der Waals surface area contributed by atoms with E-state index >= 15 is 0 Å². The molecular weight excluding hydrogens is 524 g/mol. The van der Waals surface area contributed by atoms with Gasteiger partial charge in [0.1, 0.15) is 23.5 Å². The normalized spacial score (nSPS) is 20.5. The van der Waals surface area contributed by atoms with E-state index in [9.17, 15) is 35.9 Å². The number of carbonyl (C=O) groups excluding carboxylic acids is 2. The van der Waals surface area contributed by atoms with Gasteiger partial charge in [0.15, 0.2) is 0 Å². The summed E-state index contributed by atoms with van der Waals surface area (Å²) in [6.07, 6.45) is -3.67. The number of piperidine rings is 1. The molecule has 212 valence electrons. The summed E-state index contributed by atoms with van der Waals surface area (Å²) in [7, 11) is 1.93. The van der Waals surface area contributed by atoms with Crippen LogP contribution in [0.25, 0.3) is 0 Å². The van der Waals surface area contributed by atoms with Gasteiger partial charge in [-0.2, -0.15) is 13.2 Å². The second-order valence-electron chi connectivity index (χ2n) is 11.0. The summed E-state index contributed by atoms with van der Waals surface area (Å²) in [6.45, 7) is 5.26. The van der Waals surface area contributed by atoms with E-state index in [1.54, 1.807) is 18.7 Å². The highest BCUT2D eigenvalue weighted by atomic mass is 19.4. The van der Waals surface area contributed by atoms with Crippen molar-refractivity contribution in [3.8, 4) is 0 Å². The fourth-order valence-corrected chi connectivity index (χ4v) is 5.91. The van der Waals surface area contributed by atoms with E-state index < -0.39 is 58.5 Å². The number of hydrogen-bond donors (Lipinski definition) is 1. The van der Waals surface area contributed by atoms with Crippen LogP contribution in [0.15, 0.2) is 36.4 Å². The number of nitrogens with zero attached hydrogens (tertiary/aromatic N) is 2. The Balaban J connectivity index is 1.49. The Morgan fingerprint density at radius 3 is 2.26 bits per heavy atom. The lowest BCUT2D eigenvalue weighted by molar-refractivity contribution is -0.138. The molecule has 0 aromatic heterocycles. The van der Waals surface area contributed by atoms with E-state index in [0.29, 0.717) is 62.8 Å². The number of alkyl halides is 3. The third-order valence-electron chi connectivity index (χ3n) is 7.98. The van der Waals surface area contributed by atoms with Crippen LogP contribution in [-0.4, -0.2) is 60.9 Å². The number of nitrogens with one attached hydrogen (secondary N) is 1. The molecular formula is C28H31F6N3O2. The first-order valence-corrected chi connectivity index (χ1v) is 12.8. The van der Waals surface area contributed by atoms with E-state index in [4.69, 9.17) is 0 Å². The molecule has 39 heavy (non-hydrogen) atoms. The van der Waals surface area contributed by atoms with Gasteiger partial charge in [-0.3, -0.25) is 9.59 Å². The van der Waals surface area contributed by atoms with Crippen LogP contribution in [0.5, 0.6) is 0 Å². The van der Waals surface area contributed by atoms with Gasteiger partial charge in [0.25, 0.3) is 5.91 Å². The first kappa shape index (κ1) is 28.9. The lowest BCUT2D eigenvalue weighted by atomic mass is 9.68. The molecule has 2 fully saturated rings. The monoisotopic (exact) mass is 555 g/mol. The van der Waals surface area contributed by atoms with Gasteiger partial charge >= 0.3 is 6.18 Å². The molecule has 2 aliphatic rings. The van der Waals surface area contributed by atoms with Gasteiger partial charge in [-0.05, 0) is 61.1 Å². The molecule has 4 rings (SSSR count). The maximum absolute atomic E-state index is 14.7. The molecule has 2 aromatic carbocycles. The van der Waals surface area contributed by atoms with Crippen molar-refractivity contribution in [3.63, 3.8) is 0 Å². The largest absolute Gasteiger partial charge is 0.416 e. The Kier molecular flexibility index (Phi) is 8.03. The molecule has 0 radical (unpaired) electrons. The molecule has 1 spiro atoms. The van der Waals surface area contributed by atoms with Gasteiger partial charge in [-0.15, -0.1) is 0 Å². The summed E-state index contributed by atoms with van der Waals surface area (Å²) in [5.41, 5.74) is -1.85. The number of hydrogen-bond acceptors (Lipinski definition) is 3. The lowest BCUT2D eigenvalue weighted by Gasteiger charge is -2.44. The number of halogens is 6. The molecule has 2 atom stereocenters. The van der Waals surface area contributed by atoms with Gasteiger partial charge in [0.2, 0.25) is 5.91 Å². The molecule has 1 N–H and O–H groups in total. The number of likely N-dealkylation sites (tertiary alicyclic amines) is 2. The molecule has 2 heterocycles. The third-order valence-corrected chi connectivity index (χ3v) is 7.98. The molecule has 11 heteroatoms. The van der Waals surface area contributed by atoms with Crippen LogP contribution < -0.4 is 5.32 Å². The Morgan fingerprint density at radius 2 is 1.67 bits per heavy atom. The summed E-state index contributed by atoms with van der Waals surface area (Å²) >= 11 is 0. The van der Waals surface area contributed by atoms with E-state index in [1.807, 2.05) is 7.05 Å². The topological polar surface area (TPSA) is 52.7 Å². The molecule has 0 bridgehead atoms. The van der Waals surface area contributed by atoms with Crippen molar-refractivity contribution >= 4 is 11.8 Å². The Morgan fingerprint density at radius 1 is 1.00 bits per heavy atom. The van der Waals surface area contributed by atoms with E-state index in [0.717, 1.165) is 6.07 Å². The average molecular weight is 556 g/mol. The van der Waals surface area contributed by atoms with Crippen molar-refractivity contribution in [1.29, 1.82) is 0 Å². The lowest BCUT2D eigenvalue weighted by Crippen LogP contribution is -2.54. The summed E-state index contributed by atoms with van der Waals surface area (Å²) in [4.78, 5) is 29.9. The third kappa shape index (κ3) is 5.92. The minimum absolute atomic E-state index is 0.190. The van der Waals surface area contributed by atoms with Gasteiger partial charge in [-0.25, -0.2) is 13.2 Å². The molecule has 0 saturated carbocycles. The second-order valence-corrected chi connectivity index (χ2v) is 11.0.